The van der Waals surface area contributed by atoms with E-state index >= 15 is 0 Å². The highest BCUT2D eigenvalue weighted by Crippen LogP contribution is 2.40. The van der Waals surface area contributed by atoms with Gasteiger partial charge in [-0.2, -0.15) is 0 Å². The van der Waals surface area contributed by atoms with Crippen LogP contribution in [-0.2, 0) is 16.0 Å². The van der Waals surface area contributed by atoms with Crippen molar-refractivity contribution in [2.75, 3.05) is 19.6 Å². The van der Waals surface area contributed by atoms with Crippen LogP contribution < -0.4 is 5.32 Å². The number of nitrogens with zero attached hydrogens (tertiary/aromatic N) is 1. The van der Waals surface area contributed by atoms with Crippen LogP contribution in [0, 0.1) is 17.2 Å². The standard InChI is InChI=1S/C25H27FN2O2/c1-2-14-27-24(30)25(13-15-28(17-25)23(29)18-11-12-18)16-19-7-3-4-8-20(19)21-9-5-6-10-22(21)26/h2-10,18H,1,11-17H2,(H,27,30)/t25-/m1/s1. The van der Waals surface area contributed by atoms with E-state index in [1.54, 1.807) is 18.2 Å². The number of halogens is 1. The number of hydrogen-bond acceptors (Lipinski definition) is 2. The average Bonchev–Trinajstić information content (AvgIpc) is 3.52. The number of amides is 2. The van der Waals surface area contributed by atoms with Gasteiger partial charge in [0.15, 0.2) is 0 Å². The summed E-state index contributed by atoms with van der Waals surface area (Å²) >= 11 is 0. The summed E-state index contributed by atoms with van der Waals surface area (Å²) in [7, 11) is 0. The van der Waals surface area contributed by atoms with E-state index in [-0.39, 0.29) is 23.5 Å². The van der Waals surface area contributed by atoms with Crippen LogP contribution in [0.2, 0.25) is 0 Å². The molecule has 1 aliphatic heterocycles. The Morgan fingerprint density at radius 2 is 1.83 bits per heavy atom. The van der Waals surface area contributed by atoms with Crippen molar-refractivity contribution in [2.24, 2.45) is 11.3 Å². The number of rotatable bonds is 7. The molecule has 30 heavy (non-hydrogen) atoms. The van der Waals surface area contributed by atoms with Crippen LogP contribution in [0.1, 0.15) is 24.8 Å². The highest BCUT2D eigenvalue weighted by molar-refractivity contribution is 5.87. The molecule has 1 aliphatic carbocycles. The van der Waals surface area contributed by atoms with Gasteiger partial charge in [-0.3, -0.25) is 9.59 Å². The predicted molar refractivity (Wildman–Crippen MR) is 115 cm³/mol. The van der Waals surface area contributed by atoms with E-state index in [1.807, 2.05) is 35.2 Å². The lowest BCUT2D eigenvalue weighted by Gasteiger charge is -2.29. The van der Waals surface area contributed by atoms with Crippen LogP contribution in [-0.4, -0.2) is 36.3 Å². The maximum atomic E-state index is 14.5. The number of benzene rings is 2. The minimum absolute atomic E-state index is 0.0724. The summed E-state index contributed by atoms with van der Waals surface area (Å²) in [6.45, 7) is 5.05. The van der Waals surface area contributed by atoms with Gasteiger partial charge in [-0.1, -0.05) is 48.5 Å². The Kier molecular flexibility index (Phi) is 5.71. The van der Waals surface area contributed by atoms with E-state index in [4.69, 9.17) is 0 Å². The molecule has 1 atom stereocenters. The van der Waals surface area contributed by atoms with E-state index in [9.17, 15) is 14.0 Å². The van der Waals surface area contributed by atoms with Crippen molar-refractivity contribution in [3.63, 3.8) is 0 Å². The second-order valence-electron chi connectivity index (χ2n) is 8.38. The van der Waals surface area contributed by atoms with Gasteiger partial charge < -0.3 is 10.2 Å². The Balaban J connectivity index is 1.66. The van der Waals surface area contributed by atoms with Crippen LogP contribution in [0.4, 0.5) is 4.39 Å². The Hall–Kier alpha value is -2.95. The molecule has 2 aromatic carbocycles. The van der Waals surface area contributed by atoms with Crippen LogP contribution in [0.25, 0.3) is 11.1 Å². The molecule has 0 aromatic heterocycles. The first-order chi connectivity index (χ1) is 14.5. The third-order valence-corrected chi connectivity index (χ3v) is 6.19. The summed E-state index contributed by atoms with van der Waals surface area (Å²) in [5.41, 5.74) is 1.50. The van der Waals surface area contributed by atoms with Gasteiger partial charge >= 0.3 is 0 Å². The Bertz CT molecular complexity index is 969. The molecule has 2 amide bonds. The summed E-state index contributed by atoms with van der Waals surface area (Å²) in [6, 6.07) is 14.3. The molecule has 2 aromatic rings. The first kappa shape index (κ1) is 20.3. The number of likely N-dealkylation sites (tertiary alicyclic amines) is 1. The summed E-state index contributed by atoms with van der Waals surface area (Å²) < 4.78 is 14.5. The molecule has 2 fully saturated rings. The van der Waals surface area contributed by atoms with Crippen LogP contribution in [0.5, 0.6) is 0 Å². The minimum atomic E-state index is -0.727. The highest BCUT2D eigenvalue weighted by Gasteiger charge is 2.48. The van der Waals surface area contributed by atoms with Crippen LogP contribution in [0.15, 0.2) is 61.2 Å². The zero-order valence-corrected chi connectivity index (χ0v) is 17.1. The fraction of sp³-hybridized carbons (Fsp3) is 0.360. The van der Waals surface area contributed by atoms with Crippen molar-refractivity contribution >= 4 is 11.8 Å². The molecule has 0 spiro atoms. The van der Waals surface area contributed by atoms with E-state index in [0.717, 1.165) is 24.0 Å². The number of carbonyl (C=O) groups excluding carboxylic acids is 2. The van der Waals surface area contributed by atoms with Crippen molar-refractivity contribution in [3.8, 4) is 11.1 Å². The number of nitrogens with one attached hydrogen (secondary N) is 1. The van der Waals surface area contributed by atoms with E-state index in [2.05, 4.69) is 11.9 Å². The number of carbonyl (C=O) groups is 2. The second-order valence-corrected chi connectivity index (χ2v) is 8.38. The Morgan fingerprint density at radius 1 is 1.13 bits per heavy atom. The molecule has 4 rings (SSSR count). The van der Waals surface area contributed by atoms with Gasteiger partial charge in [-0.15, -0.1) is 6.58 Å². The molecule has 1 heterocycles. The molecular weight excluding hydrogens is 379 g/mol. The monoisotopic (exact) mass is 406 g/mol. The predicted octanol–water partition coefficient (Wildman–Crippen LogP) is 3.97. The summed E-state index contributed by atoms with van der Waals surface area (Å²) in [6.07, 6.45) is 4.60. The molecule has 1 saturated carbocycles. The Morgan fingerprint density at radius 3 is 2.53 bits per heavy atom. The van der Waals surface area contributed by atoms with Crippen molar-refractivity contribution in [3.05, 3.63) is 72.6 Å². The Labute approximate surface area is 176 Å². The van der Waals surface area contributed by atoms with Gasteiger partial charge in [0.05, 0.1) is 5.41 Å². The SMILES string of the molecule is C=CCNC(=O)[C@@]1(Cc2ccccc2-c2ccccc2F)CCN(C(=O)C2CC2)C1. The smallest absolute Gasteiger partial charge is 0.228 e. The fourth-order valence-electron chi connectivity index (χ4n) is 4.39. The first-order valence-corrected chi connectivity index (χ1v) is 10.5. The largest absolute Gasteiger partial charge is 0.352 e. The molecule has 0 unspecified atom stereocenters. The van der Waals surface area contributed by atoms with E-state index in [1.165, 1.54) is 6.07 Å². The molecule has 156 valence electrons. The molecule has 5 heteroatoms. The van der Waals surface area contributed by atoms with E-state index in [0.29, 0.717) is 38.0 Å². The van der Waals surface area contributed by atoms with E-state index < -0.39 is 5.41 Å². The van der Waals surface area contributed by atoms with Gasteiger partial charge in [0.2, 0.25) is 11.8 Å². The summed E-state index contributed by atoms with van der Waals surface area (Å²) in [5, 5.41) is 2.94. The fourth-order valence-corrected chi connectivity index (χ4v) is 4.39. The van der Waals surface area contributed by atoms with Crippen molar-refractivity contribution < 1.29 is 14.0 Å². The molecule has 0 bridgehead atoms. The van der Waals surface area contributed by atoms with Crippen LogP contribution >= 0.6 is 0 Å². The maximum Gasteiger partial charge on any atom is 0.228 e. The lowest BCUT2D eigenvalue weighted by molar-refractivity contribution is -0.134. The topological polar surface area (TPSA) is 49.4 Å². The first-order valence-electron chi connectivity index (χ1n) is 10.5. The lowest BCUT2D eigenvalue weighted by atomic mass is 9.78. The molecule has 1 saturated heterocycles. The van der Waals surface area contributed by atoms with Crippen molar-refractivity contribution in [1.82, 2.24) is 10.2 Å². The van der Waals surface area contributed by atoms with Gasteiger partial charge in [0.25, 0.3) is 0 Å². The zero-order chi connectivity index (χ0) is 21.1. The van der Waals surface area contributed by atoms with Crippen molar-refractivity contribution in [1.29, 1.82) is 0 Å². The van der Waals surface area contributed by atoms with Gasteiger partial charge in [-0.25, -0.2) is 4.39 Å². The quantitative estimate of drug-likeness (QED) is 0.708. The molecular formula is C25H27FN2O2. The van der Waals surface area contributed by atoms with Crippen LogP contribution in [0.3, 0.4) is 0 Å². The summed E-state index contributed by atoms with van der Waals surface area (Å²) in [5.74, 6) is -0.0672. The second kappa shape index (κ2) is 8.42. The highest BCUT2D eigenvalue weighted by atomic mass is 19.1. The molecule has 4 nitrogen and oxygen atoms in total. The number of hydrogen-bond donors (Lipinski definition) is 1. The molecule has 0 radical (unpaired) electrons. The third kappa shape index (κ3) is 4.02. The normalized spacial score (nSPS) is 20.8. The molecule has 2 aliphatic rings. The van der Waals surface area contributed by atoms with Crippen molar-refractivity contribution in [2.45, 2.75) is 25.7 Å². The minimum Gasteiger partial charge on any atom is -0.352 e. The van der Waals surface area contributed by atoms with Gasteiger partial charge in [0, 0.05) is 31.1 Å². The van der Waals surface area contributed by atoms with Gasteiger partial charge in [-0.05, 0) is 42.9 Å². The zero-order valence-electron chi connectivity index (χ0n) is 17.1. The summed E-state index contributed by atoms with van der Waals surface area (Å²) in [4.78, 5) is 27.7. The molecule has 1 N–H and O–H groups in total. The van der Waals surface area contributed by atoms with Gasteiger partial charge in [0.1, 0.15) is 5.82 Å². The lowest BCUT2D eigenvalue weighted by Crippen LogP contribution is -2.45. The average molecular weight is 407 g/mol. The third-order valence-electron chi connectivity index (χ3n) is 6.19. The maximum absolute atomic E-state index is 14.5.